The number of unbranched alkanes of at least 4 members (excludes halogenated alkanes) is 4. The van der Waals surface area contributed by atoms with Gasteiger partial charge >= 0.3 is 0 Å². The van der Waals surface area contributed by atoms with E-state index in [2.05, 4.69) is 34.1 Å². The van der Waals surface area contributed by atoms with Crippen LogP contribution in [0.4, 0.5) is 0 Å². The van der Waals surface area contributed by atoms with Gasteiger partial charge in [-0.1, -0.05) is 98.3 Å². The largest absolute Gasteiger partial charge is 0.0654 e. The molecule has 0 bridgehead atoms. The van der Waals surface area contributed by atoms with Crippen LogP contribution in [-0.4, -0.2) is 0 Å². The van der Waals surface area contributed by atoms with Crippen LogP contribution in [-0.2, 0) is 0 Å². The topological polar surface area (TPSA) is 0 Å². The van der Waals surface area contributed by atoms with Gasteiger partial charge in [0.05, 0.1) is 0 Å². The summed E-state index contributed by atoms with van der Waals surface area (Å²) in [6.45, 7) is 9.29. The molecule has 0 spiro atoms. The second-order valence-electron chi connectivity index (χ2n) is 5.90. The molecule has 0 aliphatic carbocycles. The second kappa shape index (κ2) is 13.4. The van der Waals surface area contributed by atoms with Crippen LogP contribution in [0.25, 0.3) is 0 Å². The molecule has 0 heterocycles. The lowest BCUT2D eigenvalue weighted by Crippen LogP contribution is -2.10. The van der Waals surface area contributed by atoms with Gasteiger partial charge in [0.1, 0.15) is 0 Å². The van der Waals surface area contributed by atoms with Crippen molar-refractivity contribution in [3.8, 4) is 0 Å². The summed E-state index contributed by atoms with van der Waals surface area (Å²) >= 11 is 0. The van der Waals surface area contributed by atoms with Crippen LogP contribution in [0.2, 0.25) is 0 Å². The van der Waals surface area contributed by atoms with E-state index in [1.54, 1.807) is 0 Å². The van der Waals surface area contributed by atoms with Gasteiger partial charge in [-0.05, 0) is 18.3 Å². The lowest BCUT2D eigenvalue weighted by Gasteiger charge is -2.22. The Morgan fingerprint density at radius 3 is 1.78 bits per heavy atom. The molecule has 2 atom stereocenters. The third kappa shape index (κ3) is 9.97. The fraction of sp³-hybridized carbons (Fsp3) is 0.944. The molecule has 0 saturated carbocycles. The minimum atomic E-state index is 0.877. The standard InChI is InChI=1S/C18H37/c1-5-9-10-11-12-15-18(14-7-3)16-17(8-4)13-6-2/h16-18H,5-15H2,1-4H3. The molecule has 0 N–H and O–H groups in total. The molecule has 0 nitrogen and oxygen atoms in total. The highest BCUT2D eigenvalue weighted by molar-refractivity contribution is 4.82. The summed E-state index contributed by atoms with van der Waals surface area (Å²) < 4.78 is 0. The number of hydrogen-bond acceptors (Lipinski definition) is 0. The van der Waals surface area contributed by atoms with Crippen LogP contribution in [0.3, 0.4) is 0 Å². The lowest BCUT2D eigenvalue weighted by molar-refractivity contribution is 0.396. The van der Waals surface area contributed by atoms with Gasteiger partial charge in [-0.2, -0.15) is 0 Å². The van der Waals surface area contributed by atoms with Gasteiger partial charge < -0.3 is 0 Å². The minimum Gasteiger partial charge on any atom is -0.0654 e. The Kier molecular flexibility index (Phi) is 13.4. The van der Waals surface area contributed by atoms with E-state index < -0.39 is 0 Å². The fourth-order valence-electron chi connectivity index (χ4n) is 2.91. The third-order valence-corrected chi connectivity index (χ3v) is 4.07. The maximum Gasteiger partial charge on any atom is -0.0324 e. The quantitative estimate of drug-likeness (QED) is 0.317. The predicted octanol–water partition coefficient (Wildman–Crippen LogP) is 6.79. The molecule has 109 valence electrons. The molecule has 0 aliphatic rings. The molecule has 0 rings (SSSR count). The van der Waals surface area contributed by atoms with Gasteiger partial charge in [0.25, 0.3) is 0 Å². The van der Waals surface area contributed by atoms with E-state index in [9.17, 15) is 0 Å². The molecule has 0 saturated heterocycles. The SMILES string of the molecule is CCCCCCCC([CH]C(CC)CCC)CCC. The number of hydrogen-bond donors (Lipinski definition) is 0. The monoisotopic (exact) mass is 253 g/mol. The van der Waals surface area contributed by atoms with E-state index in [1.165, 1.54) is 70.6 Å². The Bertz CT molecular complexity index is 150. The van der Waals surface area contributed by atoms with Crippen molar-refractivity contribution in [2.45, 2.75) is 98.3 Å². The maximum atomic E-state index is 2.70. The molecule has 0 amide bonds. The van der Waals surface area contributed by atoms with Crippen molar-refractivity contribution in [3.63, 3.8) is 0 Å². The van der Waals surface area contributed by atoms with E-state index in [0.717, 1.165) is 11.8 Å². The number of rotatable bonds is 13. The van der Waals surface area contributed by atoms with Gasteiger partial charge in [0.15, 0.2) is 0 Å². The molecule has 2 unspecified atom stereocenters. The minimum absolute atomic E-state index is 0.877. The predicted molar refractivity (Wildman–Crippen MR) is 84.8 cm³/mol. The Balaban J connectivity index is 3.81. The molecule has 0 aromatic heterocycles. The van der Waals surface area contributed by atoms with Gasteiger partial charge in [-0.15, -0.1) is 0 Å². The van der Waals surface area contributed by atoms with Crippen molar-refractivity contribution < 1.29 is 0 Å². The first-order valence-electron chi connectivity index (χ1n) is 8.63. The van der Waals surface area contributed by atoms with E-state index in [0.29, 0.717) is 0 Å². The summed E-state index contributed by atoms with van der Waals surface area (Å²) in [7, 11) is 0. The van der Waals surface area contributed by atoms with Crippen molar-refractivity contribution in [3.05, 3.63) is 6.42 Å². The van der Waals surface area contributed by atoms with Crippen molar-refractivity contribution >= 4 is 0 Å². The highest BCUT2D eigenvalue weighted by Gasteiger charge is 2.14. The van der Waals surface area contributed by atoms with Gasteiger partial charge in [0, 0.05) is 0 Å². The van der Waals surface area contributed by atoms with Crippen LogP contribution in [0.1, 0.15) is 98.3 Å². The molecule has 1 radical (unpaired) electrons. The molecule has 0 heteroatoms. The normalized spacial score (nSPS) is 14.7. The molecular formula is C18H37. The van der Waals surface area contributed by atoms with Gasteiger partial charge in [-0.3, -0.25) is 0 Å². The molecule has 0 aromatic rings. The molecule has 18 heavy (non-hydrogen) atoms. The van der Waals surface area contributed by atoms with Gasteiger partial charge in [0.2, 0.25) is 0 Å². The summed E-state index contributed by atoms with van der Waals surface area (Å²) in [4.78, 5) is 0. The fourth-order valence-corrected chi connectivity index (χ4v) is 2.91. The second-order valence-corrected chi connectivity index (χ2v) is 5.90. The highest BCUT2D eigenvalue weighted by atomic mass is 14.2. The Labute approximate surface area is 117 Å². The van der Waals surface area contributed by atoms with Crippen LogP contribution >= 0.6 is 0 Å². The lowest BCUT2D eigenvalue weighted by atomic mass is 9.84. The first-order chi connectivity index (χ1) is 8.78. The highest BCUT2D eigenvalue weighted by Crippen LogP contribution is 2.26. The van der Waals surface area contributed by atoms with E-state index in [1.807, 2.05) is 0 Å². The molecule has 0 aliphatic heterocycles. The van der Waals surface area contributed by atoms with Crippen LogP contribution in [0.15, 0.2) is 0 Å². The smallest absolute Gasteiger partial charge is 0.0324 e. The Morgan fingerprint density at radius 1 is 0.611 bits per heavy atom. The zero-order valence-electron chi connectivity index (χ0n) is 13.5. The van der Waals surface area contributed by atoms with Crippen molar-refractivity contribution in [1.82, 2.24) is 0 Å². The first-order valence-corrected chi connectivity index (χ1v) is 8.63. The van der Waals surface area contributed by atoms with E-state index >= 15 is 0 Å². The van der Waals surface area contributed by atoms with Crippen LogP contribution in [0.5, 0.6) is 0 Å². The van der Waals surface area contributed by atoms with Crippen LogP contribution < -0.4 is 0 Å². The van der Waals surface area contributed by atoms with Crippen molar-refractivity contribution in [1.29, 1.82) is 0 Å². The molecular weight excluding hydrogens is 216 g/mol. The maximum absolute atomic E-state index is 2.70. The summed E-state index contributed by atoms with van der Waals surface area (Å²) in [6.07, 6.45) is 18.1. The Hall–Kier alpha value is 0. The summed E-state index contributed by atoms with van der Waals surface area (Å²) in [5.74, 6) is 1.77. The van der Waals surface area contributed by atoms with Gasteiger partial charge in [-0.25, -0.2) is 0 Å². The zero-order valence-corrected chi connectivity index (χ0v) is 13.5. The van der Waals surface area contributed by atoms with Crippen LogP contribution in [0, 0.1) is 18.3 Å². The molecule has 0 fully saturated rings. The summed E-state index contributed by atoms with van der Waals surface area (Å²) in [5.41, 5.74) is 0. The first kappa shape index (κ1) is 18.0. The van der Waals surface area contributed by atoms with Crippen molar-refractivity contribution in [2.75, 3.05) is 0 Å². The van der Waals surface area contributed by atoms with Crippen molar-refractivity contribution in [2.24, 2.45) is 11.8 Å². The summed E-state index contributed by atoms with van der Waals surface area (Å²) in [6, 6.07) is 0. The summed E-state index contributed by atoms with van der Waals surface area (Å²) in [5, 5.41) is 0. The third-order valence-electron chi connectivity index (χ3n) is 4.07. The van der Waals surface area contributed by atoms with E-state index in [-0.39, 0.29) is 0 Å². The Morgan fingerprint density at radius 2 is 1.22 bits per heavy atom. The average molecular weight is 253 g/mol. The van der Waals surface area contributed by atoms with E-state index in [4.69, 9.17) is 0 Å². The average Bonchev–Trinajstić information content (AvgIpc) is 2.38. The zero-order chi connectivity index (χ0) is 13.6. The molecule has 0 aromatic carbocycles.